The van der Waals surface area contributed by atoms with Gasteiger partial charge in [0.2, 0.25) is 0 Å². The van der Waals surface area contributed by atoms with E-state index in [0.717, 1.165) is 6.42 Å². The van der Waals surface area contributed by atoms with Crippen molar-refractivity contribution in [3.05, 3.63) is 33.4 Å². The second-order valence-corrected chi connectivity index (χ2v) is 5.30. The molecule has 0 aliphatic rings. The van der Waals surface area contributed by atoms with Crippen molar-refractivity contribution in [3.8, 4) is 0 Å². The van der Waals surface area contributed by atoms with Crippen LogP contribution in [0.5, 0.6) is 0 Å². The van der Waals surface area contributed by atoms with Crippen LogP contribution in [-0.4, -0.2) is 12.1 Å². The van der Waals surface area contributed by atoms with E-state index in [1.54, 1.807) is 0 Å². The number of rotatable bonds is 4. The Kier molecular flexibility index (Phi) is 4.89. The van der Waals surface area contributed by atoms with Crippen LogP contribution >= 0.6 is 22.6 Å². The molecule has 1 aromatic carbocycles. The molecular weight excluding hydrogens is 289 g/mol. The fourth-order valence-electron chi connectivity index (χ4n) is 1.60. The molecule has 0 radical (unpaired) electrons. The van der Waals surface area contributed by atoms with Crippen molar-refractivity contribution in [2.75, 3.05) is 0 Å². The number of nitrogens with one attached hydrogen (secondary N) is 1. The van der Waals surface area contributed by atoms with Crippen molar-refractivity contribution < 1.29 is 0 Å². The third kappa shape index (κ3) is 4.42. The van der Waals surface area contributed by atoms with E-state index in [1.165, 1.54) is 9.13 Å². The first-order valence-electron chi connectivity index (χ1n) is 5.08. The van der Waals surface area contributed by atoms with Crippen molar-refractivity contribution in [2.24, 2.45) is 0 Å². The van der Waals surface area contributed by atoms with Gasteiger partial charge in [-0.15, -0.1) is 0 Å². The minimum Gasteiger partial charge on any atom is -0.312 e. The molecule has 0 aliphatic heterocycles. The van der Waals surface area contributed by atoms with Crippen LogP contribution in [0.4, 0.5) is 0 Å². The first kappa shape index (κ1) is 12.0. The van der Waals surface area contributed by atoms with Gasteiger partial charge in [-0.2, -0.15) is 0 Å². The lowest BCUT2D eigenvalue weighted by Crippen LogP contribution is -2.33. The van der Waals surface area contributed by atoms with E-state index in [2.05, 4.69) is 72.9 Å². The van der Waals surface area contributed by atoms with Gasteiger partial charge in [0.1, 0.15) is 0 Å². The Hall–Kier alpha value is -0.0900. The predicted molar refractivity (Wildman–Crippen MR) is 70.6 cm³/mol. The maximum absolute atomic E-state index is 3.50. The molecule has 0 heterocycles. The van der Waals surface area contributed by atoms with Gasteiger partial charge in [0.25, 0.3) is 0 Å². The highest BCUT2D eigenvalue weighted by Gasteiger charge is 2.04. The molecule has 1 N–H and O–H groups in total. The van der Waals surface area contributed by atoms with E-state index in [0.29, 0.717) is 12.1 Å². The molecule has 0 saturated carbocycles. The first-order valence-corrected chi connectivity index (χ1v) is 6.16. The van der Waals surface area contributed by atoms with Gasteiger partial charge in [-0.1, -0.05) is 26.0 Å². The quantitative estimate of drug-likeness (QED) is 0.842. The maximum Gasteiger partial charge on any atom is 0.0130 e. The minimum absolute atomic E-state index is 0.551. The van der Waals surface area contributed by atoms with Gasteiger partial charge < -0.3 is 5.32 Å². The molecule has 1 atom stereocenters. The van der Waals surface area contributed by atoms with Crippen LogP contribution in [0.15, 0.2) is 24.3 Å². The van der Waals surface area contributed by atoms with Gasteiger partial charge >= 0.3 is 0 Å². The van der Waals surface area contributed by atoms with Gasteiger partial charge in [0.05, 0.1) is 0 Å². The fraction of sp³-hybridized carbons (Fsp3) is 0.500. The third-order valence-corrected chi connectivity index (χ3v) is 2.79. The standard InChI is InChI=1S/C12H18IN/c1-9(2)14-10(3)8-11-4-6-12(13)7-5-11/h4-7,9-10,14H,8H2,1-3H3/i13+4. The zero-order valence-corrected chi connectivity index (χ0v) is 11.2. The van der Waals surface area contributed by atoms with Crippen LogP contribution in [0.1, 0.15) is 26.3 Å². The van der Waals surface area contributed by atoms with E-state index in [1.807, 2.05) is 0 Å². The number of benzene rings is 1. The molecule has 1 rings (SSSR count). The van der Waals surface area contributed by atoms with Gasteiger partial charge in [0, 0.05) is 15.7 Å². The largest absolute Gasteiger partial charge is 0.312 e. The number of halogens is 1. The highest BCUT2D eigenvalue weighted by molar-refractivity contribution is 14.1. The zero-order valence-electron chi connectivity index (χ0n) is 9.05. The summed E-state index contributed by atoms with van der Waals surface area (Å²) in [7, 11) is 0. The summed E-state index contributed by atoms with van der Waals surface area (Å²) in [5, 5.41) is 3.50. The summed E-state index contributed by atoms with van der Waals surface area (Å²) < 4.78 is 1.30. The predicted octanol–water partition coefficient (Wildman–Crippen LogP) is 3.22. The second-order valence-electron chi connectivity index (χ2n) is 4.05. The Morgan fingerprint density at radius 2 is 1.71 bits per heavy atom. The molecule has 1 nitrogen and oxygen atoms in total. The van der Waals surface area contributed by atoms with Gasteiger partial charge in [-0.3, -0.25) is 0 Å². The smallest absolute Gasteiger partial charge is 0.0130 e. The average Bonchev–Trinajstić information content (AvgIpc) is 2.07. The Labute approximate surface area is 100 Å². The lowest BCUT2D eigenvalue weighted by atomic mass is 10.1. The van der Waals surface area contributed by atoms with E-state index >= 15 is 0 Å². The first-order chi connectivity index (χ1) is 6.58. The molecule has 0 bridgehead atoms. The van der Waals surface area contributed by atoms with Crippen molar-refractivity contribution in [1.29, 1.82) is 0 Å². The summed E-state index contributed by atoms with van der Waals surface area (Å²) in [4.78, 5) is 0. The van der Waals surface area contributed by atoms with Gasteiger partial charge in [-0.05, 0) is 53.6 Å². The molecule has 2 heteroatoms. The summed E-state index contributed by atoms with van der Waals surface area (Å²) >= 11 is 2.33. The highest BCUT2D eigenvalue weighted by Crippen LogP contribution is 2.08. The molecule has 1 aromatic rings. The average molecular weight is 307 g/mol. The second kappa shape index (κ2) is 5.71. The molecule has 0 saturated heterocycles. The SMILES string of the molecule is CC(C)NC(C)Cc1ccc([131I])cc1. The van der Waals surface area contributed by atoms with E-state index in [4.69, 9.17) is 0 Å². The third-order valence-electron chi connectivity index (χ3n) is 2.07. The molecule has 78 valence electrons. The maximum atomic E-state index is 3.50. The number of hydrogen-bond donors (Lipinski definition) is 1. The van der Waals surface area contributed by atoms with Gasteiger partial charge in [-0.25, -0.2) is 0 Å². The molecular formula is C12H18IN. The normalized spacial score (nSPS) is 13.2. The van der Waals surface area contributed by atoms with Crippen LogP contribution in [0.2, 0.25) is 0 Å². The molecule has 0 fully saturated rings. The summed E-state index contributed by atoms with van der Waals surface area (Å²) in [5.74, 6) is 0. The molecule has 0 spiro atoms. The monoisotopic (exact) mass is 307 g/mol. The van der Waals surface area contributed by atoms with E-state index in [-0.39, 0.29) is 0 Å². The molecule has 14 heavy (non-hydrogen) atoms. The molecule has 0 aliphatic carbocycles. The van der Waals surface area contributed by atoms with E-state index in [9.17, 15) is 0 Å². The summed E-state index contributed by atoms with van der Waals surface area (Å²) in [6, 6.07) is 9.86. The fourth-order valence-corrected chi connectivity index (χ4v) is 1.96. The van der Waals surface area contributed by atoms with Crippen LogP contribution < -0.4 is 5.32 Å². The van der Waals surface area contributed by atoms with Crippen molar-refractivity contribution in [3.63, 3.8) is 0 Å². The van der Waals surface area contributed by atoms with Crippen LogP contribution in [-0.2, 0) is 6.42 Å². The topological polar surface area (TPSA) is 12.0 Å². The number of hydrogen-bond acceptors (Lipinski definition) is 1. The van der Waals surface area contributed by atoms with Crippen molar-refractivity contribution in [2.45, 2.75) is 39.3 Å². The van der Waals surface area contributed by atoms with Crippen LogP contribution in [0, 0.1) is 3.57 Å². The van der Waals surface area contributed by atoms with Crippen LogP contribution in [0.25, 0.3) is 0 Å². The summed E-state index contributed by atoms with van der Waals surface area (Å²) in [5.41, 5.74) is 1.41. The van der Waals surface area contributed by atoms with Crippen LogP contribution in [0.3, 0.4) is 0 Å². The van der Waals surface area contributed by atoms with Crippen molar-refractivity contribution in [1.82, 2.24) is 5.32 Å². The zero-order chi connectivity index (χ0) is 10.6. The lowest BCUT2D eigenvalue weighted by Gasteiger charge is -2.16. The lowest BCUT2D eigenvalue weighted by molar-refractivity contribution is 0.488. The Morgan fingerprint density at radius 1 is 1.14 bits per heavy atom. The summed E-state index contributed by atoms with van der Waals surface area (Å²) in [6.07, 6.45) is 1.11. The van der Waals surface area contributed by atoms with E-state index < -0.39 is 0 Å². The Balaban J connectivity index is 2.47. The minimum atomic E-state index is 0.551. The van der Waals surface area contributed by atoms with Crippen molar-refractivity contribution >= 4 is 22.6 Å². The Morgan fingerprint density at radius 3 is 2.21 bits per heavy atom. The summed E-state index contributed by atoms with van der Waals surface area (Å²) in [6.45, 7) is 6.60. The Bertz CT molecular complexity index is 266. The molecule has 0 amide bonds. The van der Waals surface area contributed by atoms with Gasteiger partial charge in [0.15, 0.2) is 0 Å². The molecule has 1 unspecified atom stereocenters. The molecule has 0 aromatic heterocycles. The highest BCUT2D eigenvalue weighted by atomic mass is 131.